The molecule has 1 N–H and O–H groups in total. The molecule has 0 bridgehead atoms. The monoisotopic (exact) mass is 368 g/mol. The van der Waals surface area contributed by atoms with Crippen LogP contribution in [0.3, 0.4) is 0 Å². The minimum absolute atomic E-state index is 0.273. The molecule has 1 aromatic carbocycles. The lowest BCUT2D eigenvalue weighted by Gasteiger charge is -2.27. The summed E-state index contributed by atoms with van der Waals surface area (Å²) in [6, 6.07) is 9.07. The van der Waals surface area contributed by atoms with Gasteiger partial charge in [0.25, 0.3) is 0 Å². The average molecular weight is 368 g/mol. The maximum Gasteiger partial charge on any atom is 0.406 e. The second-order valence-corrected chi connectivity index (χ2v) is 6.12. The van der Waals surface area contributed by atoms with Crippen LogP contribution in [0.25, 0.3) is 11.3 Å². The number of benzene rings is 1. The number of amides is 1. The molecule has 1 amide bonds. The molecule has 1 atom stereocenters. The van der Waals surface area contributed by atoms with E-state index < -0.39 is 36.4 Å². The molecule has 0 spiro atoms. The van der Waals surface area contributed by atoms with Gasteiger partial charge in [-0.2, -0.15) is 13.2 Å². The van der Waals surface area contributed by atoms with Crippen molar-refractivity contribution in [2.75, 3.05) is 13.1 Å². The van der Waals surface area contributed by atoms with E-state index in [-0.39, 0.29) is 13.1 Å². The third-order valence-corrected chi connectivity index (χ3v) is 4.48. The first-order chi connectivity index (χ1) is 12.2. The van der Waals surface area contributed by atoms with E-state index in [1.807, 2.05) is 18.2 Å². The van der Waals surface area contributed by atoms with Gasteiger partial charge in [-0.25, -0.2) is 4.68 Å². The van der Waals surface area contributed by atoms with Gasteiger partial charge in [0, 0.05) is 18.7 Å². The highest BCUT2D eigenvalue weighted by Crippen LogP contribution is 2.45. The Labute approximate surface area is 146 Å². The summed E-state index contributed by atoms with van der Waals surface area (Å²) in [6.45, 7) is -1.48. The quantitative estimate of drug-likeness (QED) is 0.889. The van der Waals surface area contributed by atoms with Crippen molar-refractivity contribution >= 4 is 11.9 Å². The number of hydrogen-bond donors (Lipinski definition) is 1. The van der Waals surface area contributed by atoms with Crippen molar-refractivity contribution in [1.29, 1.82) is 0 Å². The van der Waals surface area contributed by atoms with E-state index in [4.69, 9.17) is 5.11 Å². The molecule has 1 aliphatic rings. The van der Waals surface area contributed by atoms with Crippen molar-refractivity contribution in [3.63, 3.8) is 0 Å². The molecule has 7 nitrogen and oxygen atoms in total. The molecule has 1 unspecified atom stereocenters. The van der Waals surface area contributed by atoms with Crippen molar-refractivity contribution in [2.24, 2.45) is 5.41 Å². The lowest BCUT2D eigenvalue weighted by atomic mass is 9.86. The number of nitrogens with zero attached hydrogens (tertiary/aromatic N) is 4. The predicted molar refractivity (Wildman–Crippen MR) is 82.8 cm³/mol. The number of halogens is 3. The molecule has 1 saturated heterocycles. The largest absolute Gasteiger partial charge is 0.481 e. The van der Waals surface area contributed by atoms with Crippen molar-refractivity contribution in [3.05, 3.63) is 36.5 Å². The normalized spacial score (nSPS) is 20.3. The summed E-state index contributed by atoms with van der Waals surface area (Å²) in [5.74, 6) is -2.60. The first-order valence-corrected chi connectivity index (χ1v) is 7.76. The zero-order valence-electron chi connectivity index (χ0n) is 13.5. The maximum absolute atomic E-state index is 13.2. The topological polar surface area (TPSA) is 88.3 Å². The van der Waals surface area contributed by atoms with Crippen molar-refractivity contribution < 1.29 is 27.9 Å². The first kappa shape index (κ1) is 17.9. The van der Waals surface area contributed by atoms with Gasteiger partial charge in [-0.05, 0) is 6.42 Å². The third-order valence-electron chi connectivity index (χ3n) is 4.48. The fraction of sp³-hybridized carbons (Fsp3) is 0.375. The number of hydrogen-bond acceptors (Lipinski definition) is 4. The molecular weight excluding hydrogens is 353 g/mol. The van der Waals surface area contributed by atoms with Crippen LogP contribution in [0.5, 0.6) is 0 Å². The smallest absolute Gasteiger partial charge is 0.406 e. The van der Waals surface area contributed by atoms with Crippen molar-refractivity contribution in [2.45, 2.75) is 19.1 Å². The summed E-state index contributed by atoms with van der Waals surface area (Å²) in [4.78, 5) is 24.4. The fourth-order valence-electron chi connectivity index (χ4n) is 2.91. The van der Waals surface area contributed by atoms with Gasteiger partial charge in [0.1, 0.15) is 12.2 Å². The number of carbonyl (C=O) groups is 2. The zero-order valence-corrected chi connectivity index (χ0v) is 13.5. The van der Waals surface area contributed by atoms with Crippen LogP contribution in [0.15, 0.2) is 36.5 Å². The lowest BCUT2D eigenvalue weighted by molar-refractivity contribution is -0.227. The minimum atomic E-state index is -4.93. The fourth-order valence-corrected chi connectivity index (χ4v) is 2.91. The minimum Gasteiger partial charge on any atom is -0.481 e. The molecule has 2 aromatic rings. The van der Waals surface area contributed by atoms with Crippen LogP contribution < -0.4 is 0 Å². The van der Waals surface area contributed by atoms with Crippen LogP contribution in [-0.4, -0.2) is 56.1 Å². The predicted octanol–water partition coefficient (Wildman–Crippen LogP) is 1.81. The van der Waals surface area contributed by atoms with E-state index in [1.165, 1.54) is 10.9 Å². The van der Waals surface area contributed by atoms with E-state index in [9.17, 15) is 22.8 Å². The highest BCUT2D eigenvalue weighted by Gasteiger charge is 2.64. The van der Waals surface area contributed by atoms with Crippen LogP contribution >= 0.6 is 0 Å². The van der Waals surface area contributed by atoms with Gasteiger partial charge in [-0.15, -0.1) is 5.10 Å². The van der Waals surface area contributed by atoms with Gasteiger partial charge in [0.15, 0.2) is 5.41 Å². The standard InChI is InChI=1S/C16H15F3N4O3/c17-16(18,19)15(14(25)26)6-7-22(10-15)13(24)9-23-8-12(20-21-23)11-4-2-1-3-5-11/h1-5,8H,6-7,9-10H2,(H,25,26). The second kappa shape index (κ2) is 6.43. The molecule has 1 aromatic heterocycles. The molecule has 10 heteroatoms. The number of aliphatic carboxylic acids is 1. The SMILES string of the molecule is O=C(Cn1cc(-c2ccccc2)nn1)N1CCC(C(=O)O)(C(F)(F)F)C1. The van der Waals surface area contributed by atoms with Crippen LogP contribution in [0.4, 0.5) is 13.2 Å². The Kier molecular flexibility index (Phi) is 4.43. The number of likely N-dealkylation sites (tertiary alicyclic amines) is 1. The summed E-state index contributed by atoms with van der Waals surface area (Å²) in [5, 5.41) is 16.8. The van der Waals surface area contributed by atoms with E-state index in [0.717, 1.165) is 10.5 Å². The number of carbonyl (C=O) groups excluding carboxylic acids is 1. The van der Waals surface area contributed by atoms with E-state index in [0.29, 0.717) is 5.69 Å². The van der Waals surface area contributed by atoms with Crippen LogP contribution in [0.1, 0.15) is 6.42 Å². The molecule has 0 aliphatic carbocycles. The van der Waals surface area contributed by atoms with E-state index in [1.54, 1.807) is 12.1 Å². The average Bonchev–Trinajstić information content (AvgIpc) is 3.23. The van der Waals surface area contributed by atoms with Crippen molar-refractivity contribution in [3.8, 4) is 11.3 Å². The molecule has 2 heterocycles. The van der Waals surface area contributed by atoms with Gasteiger partial charge >= 0.3 is 12.1 Å². The number of alkyl halides is 3. The molecule has 26 heavy (non-hydrogen) atoms. The molecule has 1 aliphatic heterocycles. The number of rotatable bonds is 4. The number of carboxylic acid groups (broad SMARTS) is 1. The summed E-state index contributed by atoms with van der Waals surface area (Å²) < 4.78 is 40.7. The zero-order chi connectivity index (χ0) is 18.9. The van der Waals surface area contributed by atoms with Crippen LogP contribution in [-0.2, 0) is 16.1 Å². The highest BCUT2D eigenvalue weighted by molar-refractivity contribution is 5.81. The van der Waals surface area contributed by atoms with Gasteiger partial charge in [0.05, 0.1) is 6.20 Å². The van der Waals surface area contributed by atoms with Crippen LogP contribution in [0.2, 0.25) is 0 Å². The van der Waals surface area contributed by atoms with E-state index >= 15 is 0 Å². The van der Waals surface area contributed by atoms with Crippen molar-refractivity contribution in [1.82, 2.24) is 19.9 Å². The summed E-state index contributed by atoms with van der Waals surface area (Å²) in [7, 11) is 0. The summed E-state index contributed by atoms with van der Waals surface area (Å²) >= 11 is 0. The molecule has 1 fully saturated rings. The van der Waals surface area contributed by atoms with Gasteiger partial charge in [-0.3, -0.25) is 9.59 Å². The Morgan fingerprint density at radius 1 is 1.23 bits per heavy atom. The van der Waals surface area contributed by atoms with Gasteiger partial charge in [0.2, 0.25) is 5.91 Å². The van der Waals surface area contributed by atoms with E-state index in [2.05, 4.69) is 10.3 Å². The first-order valence-electron chi connectivity index (χ1n) is 7.76. The Balaban J connectivity index is 1.70. The number of aromatic nitrogens is 3. The van der Waals surface area contributed by atoms with Gasteiger partial charge in [-0.1, -0.05) is 35.5 Å². The third kappa shape index (κ3) is 3.14. The summed E-state index contributed by atoms with van der Waals surface area (Å²) in [6.07, 6.45) is -4.08. The van der Waals surface area contributed by atoms with Gasteiger partial charge < -0.3 is 10.0 Å². The Morgan fingerprint density at radius 3 is 2.50 bits per heavy atom. The molecule has 0 radical (unpaired) electrons. The number of carboxylic acids is 1. The Morgan fingerprint density at radius 2 is 1.92 bits per heavy atom. The molecule has 0 saturated carbocycles. The molecule has 3 rings (SSSR count). The highest BCUT2D eigenvalue weighted by atomic mass is 19.4. The Hall–Kier alpha value is -2.91. The molecule has 138 valence electrons. The molecular formula is C16H15F3N4O3. The summed E-state index contributed by atoms with van der Waals surface area (Å²) in [5.41, 5.74) is -1.61. The lowest BCUT2D eigenvalue weighted by Crippen LogP contribution is -2.48. The van der Waals surface area contributed by atoms with Crippen LogP contribution in [0, 0.1) is 5.41 Å². The maximum atomic E-state index is 13.2. The second-order valence-electron chi connectivity index (χ2n) is 6.12. The Bertz CT molecular complexity index is 822.